The summed E-state index contributed by atoms with van der Waals surface area (Å²) in [4.78, 5) is 3.62. The molecule has 0 aliphatic carbocycles. The van der Waals surface area contributed by atoms with Crippen LogP contribution < -0.4 is 24.8 Å². The van der Waals surface area contributed by atoms with Gasteiger partial charge in [-0.3, -0.25) is 0 Å². The number of nitrogens with zero attached hydrogens (tertiary/aromatic N) is 2. The molecule has 0 fully saturated rings. The molecule has 5 heteroatoms. The minimum Gasteiger partial charge on any atom is -1.00 e. The average molecular weight is 174 g/mol. The Hall–Kier alpha value is 0.764. The van der Waals surface area contributed by atoms with Crippen molar-refractivity contribution in [3.8, 4) is 0 Å². The van der Waals surface area contributed by atoms with Gasteiger partial charge in [0, 0.05) is 0 Å². The van der Waals surface area contributed by atoms with Crippen LogP contribution >= 0.6 is 0 Å². The van der Waals surface area contributed by atoms with Crippen molar-refractivity contribution in [1.29, 1.82) is 0 Å². The Morgan fingerprint density at radius 3 is 1.57 bits per heavy atom. The molecular formula is C2H3Cl2N2Ti. The van der Waals surface area contributed by atoms with E-state index in [1.54, 1.807) is 6.34 Å². The van der Waals surface area contributed by atoms with Gasteiger partial charge in [0.2, 0.25) is 0 Å². The van der Waals surface area contributed by atoms with E-state index in [0.29, 0.717) is 6.67 Å². The van der Waals surface area contributed by atoms with Gasteiger partial charge in [-0.15, -0.1) is 6.34 Å². The zero-order chi connectivity index (χ0) is 2.83. The number of halogens is 2. The molecule has 1 aliphatic rings. The summed E-state index contributed by atoms with van der Waals surface area (Å²) in [7, 11) is 0. The fraction of sp³-hybridized carbons (Fsp3) is 0.500. The average Bonchev–Trinajstić information content (AvgIpc) is 0.722. The standard InChI is InChI=1S/C2H3N2.2ClH.Ti/c1-3-2-4-1;;;/h1H,2H2;2*1H;/q-1;;;+3/p-2. The van der Waals surface area contributed by atoms with Crippen LogP contribution in [0, 0.1) is 0 Å². The molecule has 0 aromatic rings. The van der Waals surface area contributed by atoms with Gasteiger partial charge in [-0.05, 0) is 6.67 Å². The first kappa shape index (κ1) is 15.7. The van der Waals surface area contributed by atoms with Crippen molar-refractivity contribution < 1.29 is 46.5 Å². The van der Waals surface area contributed by atoms with Crippen molar-refractivity contribution in [3.05, 3.63) is 5.32 Å². The minimum absolute atomic E-state index is 0. The van der Waals surface area contributed by atoms with Crippen molar-refractivity contribution >= 4 is 6.34 Å². The van der Waals surface area contributed by atoms with E-state index in [0.717, 1.165) is 0 Å². The molecule has 2 nitrogen and oxygen atoms in total. The van der Waals surface area contributed by atoms with Crippen LogP contribution in [0.25, 0.3) is 5.32 Å². The Bertz CT molecular complexity index is 43.0. The number of hydrogen-bond donors (Lipinski definition) is 0. The maximum absolute atomic E-state index is 3.62. The molecular weight excluding hydrogens is 171 g/mol. The second kappa shape index (κ2) is 9.90. The first-order valence-corrected chi connectivity index (χ1v) is 1.15. The van der Waals surface area contributed by atoms with Crippen LogP contribution in [0.3, 0.4) is 0 Å². The van der Waals surface area contributed by atoms with E-state index in [4.69, 9.17) is 0 Å². The Kier molecular flexibility index (Phi) is 22.1. The van der Waals surface area contributed by atoms with Crippen LogP contribution in [0.1, 0.15) is 0 Å². The smallest absolute Gasteiger partial charge is 1.00 e. The third-order valence-electron chi connectivity index (χ3n) is 0.327. The van der Waals surface area contributed by atoms with E-state index < -0.39 is 0 Å². The fourth-order valence-electron chi connectivity index (χ4n) is 0.0816. The first-order chi connectivity index (χ1) is 2.00. The van der Waals surface area contributed by atoms with Gasteiger partial charge < -0.3 is 35.1 Å². The second-order valence-corrected chi connectivity index (χ2v) is 0.622. The van der Waals surface area contributed by atoms with Gasteiger partial charge in [-0.2, -0.15) is 0 Å². The summed E-state index contributed by atoms with van der Waals surface area (Å²) in [6, 6.07) is 0. The summed E-state index contributed by atoms with van der Waals surface area (Å²) in [6.07, 6.45) is 1.56. The van der Waals surface area contributed by atoms with Gasteiger partial charge in [0.1, 0.15) is 0 Å². The van der Waals surface area contributed by atoms with Crippen molar-refractivity contribution in [2.45, 2.75) is 0 Å². The van der Waals surface area contributed by atoms with E-state index in [2.05, 4.69) is 10.3 Å². The van der Waals surface area contributed by atoms with Gasteiger partial charge in [0.15, 0.2) is 0 Å². The van der Waals surface area contributed by atoms with E-state index in [1.807, 2.05) is 0 Å². The van der Waals surface area contributed by atoms with Gasteiger partial charge in [-0.25, -0.2) is 0 Å². The zero-order valence-corrected chi connectivity index (χ0v) is 6.51. The molecule has 0 saturated heterocycles. The summed E-state index contributed by atoms with van der Waals surface area (Å²) in [5.74, 6) is 0. The summed E-state index contributed by atoms with van der Waals surface area (Å²) >= 11 is 0. The van der Waals surface area contributed by atoms with E-state index >= 15 is 0 Å². The molecule has 0 unspecified atom stereocenters. The van der Waals surface area contributed by atoms with Gasteiger partial charge in [0.05, 0.1) is 0 Å². The molecule has 0 amide bonds. The van der Waals surface area contributed by atoms with Crippen LogP contribution in [-0.2, 0) is 21.7 Å². The molecule has 0 spiro atoms. The summed E-state index contributed by atoms with van der Waals surface area (Å²) in [5.41, 5.74) is 0. The molecule has 0 atom stereocenters. The third-order valence-corrected chi connectivity index (χ3v) is 0.327. The monoisotopic (exact) mass is 173 g/mol. The first-order valence-electron chi connectivity index (χ1n) is 1.15. The van der Waals surface area contributed by atoms with E-state index in [1.165, 1.54) is 0 Å². The van der Waals surface area contributed by atoms with Crippen LogP contribution in [0.2, 0.25) is 0 Å². The maximum atomic E-state index is 3.62. The van der Waals surface area contributed by atoms with Crippen LogP contribution in [0.4, 0.5) is 0 Å². The molecule has 0 bridgehead atoms. The molecule has 39 valence electrons. The Labute approximate surface area is 69.9 Å². The predicted octanol–water partition coefficient (Wildman–Crippen LogP) is -5.63. The van der Waals surface area contributed by atoms with Crippen molar-refractivity contribution in [2.75, 3.05) is 6.67 Å². The van der Waals surface area contributed by atoms with Gasteiger partial charge in [0.25, 0.3) is 0 Å². The minimum atomic E-state index is 0. The van der Waals surface area contributed by atoms with Crippen LogP contribution in [0.15, 0.2) is 4.99 Å². The molecule has 7 heavy (non-hydrogen) atoms. The SMILES string of the molecule is C1=NC[N-]1.[Cl-].[Cl-].[Ti+3]. The summed E-state index contributed by atoms with van der Waals surface area (Å²) in [6.45, 7) is 0.694. The van der Waals surface area contributed by atoms with Crippen LogP contribution in [-0.4, -0.2) is 13.0 Å². The molecule has 1 aliphatic heterocycles. The molecule has 0 saturated carbocycles. The maximum Gasteiger partial charge on any atom is 3.00 e. The Balaban J connectivity index is -0.0000000533. The Morgan fingerprint density at radius 1 is 1.43 bits per heavy atom. The Morgan fingerprint density at radius 2 is 1.57 bits per heavy atom. The fourth-order valence-corrected chi connectivity index (χ4v) is 0.0816. The number of hydrogen-bond acceptors (Lipinski definition) is 1. The van der Waals surface area contributed by atoms with E-state index in [-0.39, 0.29) is 46.5 Å². The molecule has 1 heterocycles. The molecule has 0 aromatic heterocycles. The van der Waals surface area contributed by atoms with Gasteiger partial charge >= 0.3 is 21.7 Å². The summed E-state index contributed by atoms with van der Waals surface area (Å²) < 4.78 is 0. The van der Waals surface area contributed by atoms with Gasteiger partial charge in [-0.1, -0.05) is 0 Å². The quantitative estimate of drug-likeness (QED) is 0.327. The topological polar surface area (TPSA) is 26.5 Å². The number of aliphatic imine (C=N–C) groups is 1. The second-order valence-electron chi connectivity index (χ2n) is 0.622. The van der Waals surface area contributed by atoms with Crippen molar-refractivity contribution in [3.63, 3.8) is 0 Å². The van der Waals surface area contributed by atoms with Crippen molar-refractivity contribution in [1.82, 2.24) is 0 Å². The van der Waals surface area contributed by atoms with Crippen molar-refractivity contribution in [2.24, 2.45) is 4.99 Å². The third kappa shape index (κ3) is 6.76. The normalized spacial score (nSPS) is 10.3. The molecule has 1 radical (unpaired) electrons. The van der Waals surface area contributed by atoms with E-state index in [9.17, 15) is 0 Å². The predicted molar refractivity (Wildman–Crippen MR) is 16.7 cm³/mol. The molecule has 0 N–H and O–H groups in total. The summed E-state index contributed by atoms with van der Waals surface area (Å²) in [5, 5.41) is 3.62. The molecule has 0 aromatic carbocycles. The largest absolute Gasteiger partial charge is 3.00 e. The zero-order valence-electron chi connectivity index (χ0n) is 3.43. The number of rotatable bonds is 0. The van der Waals surface area contributed by atoms with Crippen LogP contribution in [0.5, 0.6) is 0 Å². The molecule has 1 rings (SSSR count).